The third-order valence-corrected chi connectivity index (χ3v) is 8.23. The van der Waals surface area contributed by atoms with Crippen LogP contribution in [0.1, 0.15) is 37.4 Å². The van der Waals surface area contributed by atoms with Crippen LogP contribution in [0.4, 0.5) is 10.1 Å². The number of ether oxygens (including phenoxy) is 3. The molecule has 8 nitrogen and oxygen atoms in total. The molecule has 3 aromatic rings. The van der Waals surface area contributed by atoms with E-state index in [4.69, 9.17) is 14.2 Å². The number of aryl methyl sites for hydroxylation is 1. The van der Waals surface area contributed by atoms with Crippen LogP contribution in [0.2, 0.25) is 0 Å². The fourth-order valence-corrected chi connectivity index (χ4v) is 6.14. The summed E-state index contributed by atoms with van der Waals surface area (Å²) in [7, 11) is -4.24. The van der Waals surface area contributed by atoms with Crippen LogP contribution in [0.15, 0.2) is 65.6 Å². The predicted octanol–water partition coefficient (Wildman–Crippen LogP) is 4.52. The van der Waals surface area contributed by atoms with E-state index < -0.39 is 33.9 Å². The van der Waals surface area contributed by atoms with Gasteiger partial charge in [-0.3, -0.25) is 9.10 Å². The van der Waals surface area contributed by atoms with Crippen LogP contribution in [0.3, 0.4) is 0 Å². The van der Waals surface area contributed by atoms with Crippen LogP contribution in [-0.4, -0.2) is 39.7 Å². The number of nitrogens with one attached hydrogen (secondary N) is 1. The highest BCUT2D eigenvalue weighted by molar-refractivity contribution is 7.92. The quantitative estimate of drug-likeness (QED) is 0.494. The van der Waals surface area contributed by atoms with Crippen molar-refractivity contribution < 1.29 is 31.8 Å². The molecule has 38 heavy (non-hydrogen) atoms. The molecular formula is C28H29FN2O6S. The first-order chi connectivity index (χ1) is 18.0. The molecule has 0 radical (unpaired) electrons. The maximum atomic E-state index is 13.8. The number of rotatable bonds is 6. The van der Waals surface area contributed by atoms with E-state index in [-0.39, 0.29) is 16.6 Å². The molecule has 5 rings (SSSR count). The molecule has 2 heterocycles. The van der Waals surface area contributed by atoms with Gasteiger partial charge in [0.25, 0.3) is 10.0 Å². The third-order valence-electron chi connectivity index (χ3n) is 6.46. The number of halogens is 1. The van der Waals surface area contributed by atoms with Crippen molar-refractivity contribution in [2.45, 2.75) is 43.7 Å². The van der Waals surface area contributed by atoms with E-state index in [2.05, 4.69) is 5.32 Å². The molecule has 3 aromatic carbocycles. The number of sulfonamides is 1. The smallest absolute Gasteiger partial charge is 0.264 e. The molecule has 1 N–H and O–H groups in total. The van der Waals surface area contributed by atoms with E-state index in [1.54, 1.807) is 0 Å². The Morgan fingerprint density at radius 1 is 1.00 bits per heavy atom. The molecule has 200 valence electrons. The van der Waals surface area contributed by atoms with Gasteiger partial charge in [-0.25, -0.2) is 12.8 Å². The van der Waals surface area contributed by atoms with Crippen molar-refractivity contribution in [1.82, 2.24) is 5.32 Å². The summed E-state index contributed by atoms with van der Waals surface area (Å²) in [4.78, 5) is 13.3. The van der Waals surface area contributed by atoms with Gasteiger partial charge in [-0.2, -0.15) is 0 Å². The Kier molecular flexibility index (Phi) is 6.68. The lowest BCUT2D eigenvalue weighted by atomic mass is 9.89. The fourth-order valence-electron chi connectivity index (χ4n) is 4.71. The summed E-state index contributed by atoms with van der Waals surface area (Å²) in [6, 6.07) is 14.6. The van der Waals surface area contributed by atoms with Crippen molar-refractivity contribution in [3.8, 4) is 17.2 Å². The molecule has 0 aliphatic carbocycles. The molecule has 2 aliphatic rings. The van der Waals surface area contributed by atoms with Crippen molar-refractivity contribution in [2.75, 3.05) is 24.1 Å². The molecule has 2 aliphatic heterocycles. The van der Waals surface area contributed by atoms with E-state index in [9.17, 15) is 17.6 Å². The summed E-state index contributed by atoms with van der Waals surface area (Å²) < 4.78 is 59.4. The van der Waals surface area contributed by atoms with Gasteiger partial charge < -0.3 is 19.5 Å². The van der Waals surface area contributed by atoms with E-state index in [1.165, 1.54) is 30.3 Å². The standard InChI is InChI=1S/C28H29FN2O6S/c1-18-4-10-24-22(14-18)23(16-28(2,3)37-24)30-27(32)17-31(20-7-5-19(29)6-8-20)38(33,34)21-9-11-25-26(15-21)36-13-12-35-25/h4-11,14-15,23H,12-13,16-17H2,1-3H3,(H,30,32). The summed E-state index contributed by atoms with van der Waals surface area (Å²) in [5.41, 5.74) is 1.47. The lowest BCUT2D eigenvalue weighted by Crippen LogP contribution is -2.45. The number of anilines is 1. The summed E-state index contributed by atoms with van der Waals surface area (Å²) >= 11 is 0. The van der Waals surface area contributed by atoms with Gasteiger partial charge in [0.1, 0.15) is 36.9 Å². The summed E-state index contributed by atoms with van der Waals surface area (Å²) in [5, 5.41) is 3.00. The Hall–Kier alpha value is -3.79. The number of amides is 1. The van der Waals surface area contributed by atoms with Gasteiger partial charge in [-0.1, -0.05) is 17.7 Å². The third kappa shape index (κ3) is 5.26. The lowest BCUT2D eigenvalue weighted by Gasteiger charge is -2.38. The number of carbonyl (C=O) groups is 1. The summed E-state index contributed by atoms with van der Waals surface area (Å²) in [5.74, 6) is 0.392. The minimum absolute atomic E-state index is 0.0768. The average molecular weight is 541 g/mol. The van der Waals surface area contributed by atoms with Crippen molar-refractivity contribution in [1.29, 1.82) is 0 Å². The highest BCUT2D eigenvalue weighted by Gasteiger charge is 2.36. The van der Waals surface area contributed by atoms with Gasteiger partial charge in [0.15, 0.2) is 11.5 Å². The van der Waals surface area contributed by atoms with Crippen LogP contribution < -0.4 is 23.8 Å². The Labute approximate surface area is 221 Å². The SMILES string of the molecule is Cc1ccc2c(c1)C(NC(=O)CN(c1ccc(F)cc1)S(=O)(=O)c1ccc3c(c1)OCCO3)CC(C)(C)O2. The second kappa shape index (κ2) is 9.83. The molecular weight excluding hydrogens is 511 g/mol. The molecule has 0 fully saturated rings. The molecule has 0 bridgehead atoms. The van der Waals surface area contributed by atoms with Gasteiger partial charge in [0.05, 0.1) is 16.6 Å². The summed E-state index contributed by atoms with van der Waals surface area (Å²) in [6.07, 6.45) is 0.501. The molecule has 0 saturated carbocycles. The van der Waals surface area contributed by atoms with Gasteiger partial charge in [-0.05, 0) is 63.2 Å². The topological polar surface area (TPSA) is 94.2 Å². The molecule has 1 atom stereocenters. The first-order valence-electron chi connectivity index (χ1n) is 12.3. The van der Waals surface area contributed by atoms with Gasteiger partial charge in [0, 0.05) is 18.1 Å². The van der Waals surface area contributed by atoms with Crippen molar-refractivity contribution in [2.24, 2.45) is 0 Å². The summed E-state index contributed by atoms with van der Waals surface area (Å²) in [6.45, 7) is 5.98. The van der Waals surface area contributed by atoms with Crippen LogP contribution in [0.25, 0.3) is 0 Å². The second-order valence-electron chi connectivity index (χ2n) is 10.0. The van der Waals surface area contributed by atoms with Crippen LogP contribution in [-0.2, 0) is 14.8 Å². The van der Waals surface area contributed by atoms with E-state index in [1.807, 2.05) is 39.0 Å². The second-order valence-corrected chi connectivity index (χ2v) is 11.9. The first kappa shape index (κ1) is 25.8. The monoisotopic (exact) mass is 540 g/mol. The van der Waals surface area contributed by atoms with Gasteiger partial charge >= 0.3 is 0 Å². The molecule has 0 spiro atoms. The molecule has 0 saturated heterocycles. The number of hydrogen-bond donors (Lipinski definition) is 1. The number of benzene rings is 3. The lowest BCUT2D eigenvalue weighted by molar-refractivity contribution is -0.120. The number of nitrogens with zero attached hydrogens (tertiary/aromatic N) is 1. The highest BCUT2D eigenvalue weighted by Crippen LogP contribution is 2.40. The Balaban J connectivity index is 1.46. The Morgan fingerprint density at radius 3 is 2.42 bits per heavy atom. The van der Waals surface area contributed by atoms with Crippen LogP contribution >= 0.6 is 0 Å². The van der Waals surface area contributed by atoms with E-state index in [0.29, 0.717) is 36.9 Å². The predicted molar refractivity (Wildman–Crippen MR) is 140 cm³/mol. The largest absolute Gasteiger partial charge is 0.487 e. The number of carbonyl (C=O) groups excluding carboxylic acids is 1. The van der Waals surface area contributed by atoms with Crippen molar-refractivity contribution in [3.05, 3.63) is 77.6 Å². The van der Waals surface area contributed by atoms with Crippen LogP contribution in [0, 0.1) is 12.7 Å². The molecule has 1 amide bonds. The number of hydrogen-bond acceptors (Lipinski definition) is 6. The number of fused-ring (bicyclic) bond motifs is 2. The maximum Gasteiger partial charge on any atom is 0.264 e. The molecule has 10 heteroatoms. The minimum Gasteiger partial charge on any atom is -0.487 e. The fraction of sp³-hybridized carbons (Fsp3) is 0.321. The Morgan fingerprint density at radius 2 is 1.68 bits per heavy atom. The maximum absolute atomic E-state index is 13.8. The normalized spacial score (nSPS) is 17.6. The van der Waals surface area contributed by atoms with Gasteiger partial charge in [0.2, 0.25) is 5.91 Å². The molecule has 1 unspecified atom stereocenters. The highest BCUT2D eigenvalue weighted by atomic mass is 32.2. The molecule has 0 aromatic heterocycles. The zero-order chi connectivity index (χ0) is 27.1. The zero-order valence-corrected chi connectivity index (χ0v) is 22.2. The van der Waals surface area contributed by atoms with Gasteiger partial charge in [-0.15, -0.1) is 0 Å². The van der Waals surface area contributed by atoms with E-state index >= 15 is 0 Å². The zero-order valence-electron chi connectivity index (χ0n) is 21.4. The Bertz CT molecular complexity index is 1470. The minimum atomic E-state index is -4.24. The van der Waals surface area contributed by atoms with E-state index in [0.717, 1.165) is 27.6 Å². The average Bonchev–Trinajstić information content (AvgIpc) is 2.87. The van der Waals surface area contributed by atoms with Crippen molar-refractivity contribution >= 4 is 21.6 Å². The first-order valence-corrected chi connectivity index (χ1v) is 13.7. The van der Waals surface area contributed by atoms with Crippen LogP contribution in [0.5, 0.6) is 17.2 Å². The van der Waals surface area contributed by atoms with Crippen molar-refractivity contribution in [3.63, 3.8) is 0 Å².